The molecule has 23 heavy (non-hydrogen) atoms. The zero-order valence-electron chi connectivity index (χ0n) is 13.7. The van der Waals surface area contributed by atoms with E-state index in [2.05, 4.69) is 24.9 Å². The molecule has 1 aliphatic carbocycles. The molecule has 0 fully saturated rings. The Morgan fingerprint density at radius 2 is 2.09 bits per heavy atom. The summed E-state index contributed by atoms with van der Waals surface area (Å²) in [5.41, 5.74) is 3.68. The number of fused-ring (bicyclic) bond motifs is 1. The van der Waals surface area contributed by atoms with E-state index in [0.29, 0.717) is 5.41 Å². The normalized spacial score (nSPS) is 16.9. The van der Waals surface area contributed by atoms with Gasteiger partial charge in [0.1, 0.15) is 5.75 Å². The van der Waals surface area contributed by atoms with E-state index in [1.54, 1.807) is 13.2 Å². The Labute approximate surface area is 135 Å². The number of pyridine rings is 1. The lowest BCUT2D eigenvalue weighted by Gasteiger charge is -2.29. The molecule has 4 nitrogen and oxygen atoms in total. The Bertz CT molecular complexity index is 806. The molecule has 2 aromatic rings. The lowest BCUT2D eigenvalue weighted by atomic mass is 9.77. The van der Waals surface area contributed by atoms with Crippen molar-refractivity contribution in [2.24, 2.45) is 5.41 Å². The van der Waals surface area contributed by atoms with Crippen molar-refractivity contribution >= 4 is 22.4 Å². The van der Waals surface area contributed by atoms with Crippen molar-refractivity contribution in [3.63, 3.8) is 0 Å². The summed E-state index contributed by atoms with van der Waals surface area (Å²) in [4.78, 5) is 15.6. The quantitative estimate of drug-likeness (QED) is 0.904. The van der Waals surface area contributed by atoms with Crippen LogP contribution in [-0.4, -0.2) is 23.2 Å². The highest BCUT2D eigenvalue weighted by atomic mass is 16.5. The average Bonchev–Trinajstić information content (AvgIpc) is 2.53. The molecular weight excluding hydrogens is 290 g/mol. The van der Waals surface area contributed by atoms with Crippen LogP contribution in [0.25, 0.3) is 16.5 Å². The van der Waals surface area contributed by atoms with E-state index < -0.39 is 5.97 Å². The van der Waals surface area contributed by atoms with Gasteiger partial charge in [-0.05, 0) is 48.4 Å². The first-order valence-electron chi connectivity index (χ1n) is 7.80. The summed E-state index contributed by atoms with van der Waals surface area (Å²) in [5.74, 6) is -0.245. The molecule has 4 heteroatoms. The van der Waals surface area contributed by atoms with E-state index in [9.17, 15) is 4.79 Å². The Morgan fingerprint density at radius 1 is 1.30 bits per heavy atom. The molecule has 1 aromatic carbocycles. The molecule has 1 aromatic heterocycles. The van der Waals surface area contributed by atoms with E-state index in [-0.39, 0.29) is 5.56 Å². The van der Waals surface area contributed by atoms with Crippen molar-refractivity contribution in [2.45, 2.75) is 33.1 Å². The number of allylic oxidation sites excluding steroid dienone is 2. The smallest absolute Gasteiger partial charge is 0.337 e. The summed E-state index contributed by atoms with van der Waals surface area (Å²) in [7, 11) is 1.62. The first kappa shape index (κ1) is 15.5. The largest absolute Gasteiger partial charge is 0.497 e. The molecule has 3 rings (SSSR count). The van der Waals surface area contributed by atoms with Crippen LogP contribution in [0.5, 0.6) is 5.75 Å². The minimum Gasteiger partial charge on any atom is -0.497 e. The Hall–Kier alpha value is -2.36. The highest BCUT2D eigenvalue weighted by Gasteiger charge is 2.23. The van der Waals surface area contributed by atoms with Crippen molar-refractivity contribution in [1.82, 2.24) is 4.98 Å². The third kappa shape index (κ3) is 3.07. The zero-order chi connectivity index (χ0) is 16.6. The van der Waals surface area contributed by atoms with Gasteiger partial charge >= 0.3 is 5.97 Å². The molecule has 0 bridgehead atoms. The molecule has 1 aliphatic rings. The number of ether oxygens (including phenoxy) is 1. The number of aromatic carboxylic acids is 1. The number of carboxylic acid groups (broad SMARTS) is 1. The van der Waals surface area contributed by atoms with Crippen LogP contribution in [-0.2, 0) is 0 Å². The maximum Gasteiger partial charge on any atom is 0.337 e. The lowest BCUT2D eigenvalue weighted by molar-refractivity contribution is 0.0696. The second-order valence-corrected chi connectivity index (χ2v) is 6.87. The molecule has 1 N–H and O–H groups in total. The van der Waals surface area contributed by atoms with Crippen LogP contribution in [0.4, 0.5) is 0 Å². The van der Waals surface area contributed by atoms with Crippen LogP contribution in [0.2, 0.25) is 0 Å². The summed E-state index contributed by atoms with van der Waals surface area (Å²) >= 11 is 0. The lowest BCUT2D eigenvalue weighted by Crippen LogP contribution is -2.14. The van der Waals surface area contributed by atoms with Crippen molar-refractivity contribution in [1.29, 1.82) is 0 Å². The van der Waals surface area contributed by atoms with Gasteiger partial charge in [0.05, 0.1) is 18.2 Å². The fourth-order valence-corrected chi connectivity index (χ4v) is 3.02. The van der Waals surface area contributed by atoms with Crippen LogP contribution < -0.4 is 4.74 Å². The number of carboxylic acids is 1. The summed E-state index contributed by atoms with van der Waals surface area (Å²) < 4.78 is 5.39. The van der Waals surface area contributed by atoms with Gasteiger partial charge in [0.25, 0.3) is 0 Å². The van der Waals surface area contributed by atoms with Gasteiger partial charge in [-0.1, -0.05) is 19.9 Å². The number of benzene rings is 1. The minimum absolute atomic E-state index is 0.190. The summed E-state index contributed by atoms with van der Waals surface area (Å²) in [5, 5.41) is 9.96. The molecule has 1 heterocycles. The van der Waals surface area contributed by atoms with Crippen LogP contribution >= 0.6 is 0 Å². The predicted molar refractivity (Wildman–Crippen MR) is 90.9 cm³/mol. The third-order valence-corrected chi connectivity index (χ3v) is 4.56. The maximum atomic E-state index is 11.2. The molecule has 0 atom stereocenters. The molecule has 120 valence electrons. The van der Waals surface area contributed by atoms with Gasteiger partial charge < -0.3 is 9.84 Å². The molecule has 0 unspecified atom stereocenters. The summed E-state index contributed by atoms with van der Waals surface area (Å²) in [6.45, 7) is 4.56. The fourth-order valence-electron chi connectivity index (χ4n) is 3.02. The molecule has 0 aliphatic heterocycles. The third-order valence-electron chi connectivity index (χ3n) is 4.56. The number of hydrogen-bond acceptors (Lipinski definition) is 3. The Balaban J connectivity index is 2.16. The van der Waals surface area contributed by atoms with Crippen LogP contribution in [0.15, 0.2) is 30.5 Å². The second-order valence-electron chi connectivity index (χ2n) is 6.87. The fraction of sp³-hybridized carbons (Fsp3) is 0.368. The van der Waals surface area contributed by atoms with E-state index in [1.165, 1.54) is 11.8 Å². The average molecular weight is 311 g/mol. The number of aromatic nitrogens is 1. The Morgan fingerprint density at radius 3 is 2.70 bits per heavy atom. The number of methoxy groups -OCH3 is 1. The van der Waals surface area contributed by atoms with Crippen molar-refractivity contribution in [3.05, 3.63) is 41.6 Å². The maximum absolute atomic E-state index is 11.2. The second kappa shape index (κ2) is 5.69. The first-order valence-corrected chi connectivity index (χ1v) is 7.80. The van der Waals surface area contributed by atoms with Gasteiger partial charge in [0, 0.05) is 17.1 Å². The monoisotopic (exact) mass is 311 g/mol. The molecule has 0 spiro atoms. The predicted octanol–water partition coefficient (Wildman–Crippen LogP) is 4.54. The summed E-state index contributed by atoms with van der Waals surface area (Å²) in [6, 6.07) is 5.50. The van der Waals surface area contributed by atoms with Crippen molar-refractivity contribution in [2.75, 3.05) is 7.11 Å². The van der Waals surface area contributed by atoms with Crippen LogP contribution in [0.1, 0.15) is 49.0 Å². The minimum atomic E-state index is -0.970. The van der Waals surface area contributed by atoms with Gasteiger partial charge in [-0.15, -0.1) is 0 Å². The molecule has 0 amide bonds. The highest BCUT2D eigenvalue weighted by molar-refractivity contribution is 5.97. The number of nitrogens with zero attached hydrogens (tertiary/aromatic N) is 1. The summed E-state index contributed by atoms with van der Waals surface area (Å²) in [6.07, 6.45) is 6.87. The van der Waals surface area contributed by atoms with E-state index >= 15 is 0 Å². The standard InChI is InChI=1S/C19H21NO3/c1-19(2)6-4-12(5-7-19)16-10-15(23-3)9-13-8-14(18(21)22)11-20-17(13)16/h4,8-11H,5-7H2,1-3H3,(H,21,22). The van der Waals surface area contributed by atoms with Gasteiger partial charge in [0.15, 0.2) is 0 Å². The van der Waals surface area contributed by atoms with E-state index in [0.717, 1.165) is 41.5 Å². The topological polar surface area (TPSA) is 59.4 Å². The number of rotatable bonds is 3. The van der Waals surface area contributed by atoms with Gasteiger partial charge in [0.2, 0.25) is 0 Å². The van der Waals surface area contributed by atoms with Crippen LogP contribution in [0.3, 0.4) is 0 Å². The number of carbonyl (C=O) groups is 1. The van der Waals surface area contributed by atoms with Gasteiger partial charge in [-0.25, -0.2) is 4.79 Å². The number of hydrogen-bond donors (Lipinski definition) is 1. The molecule has 0 radical (unpaired) electrons. The molecular formula is C19H21NO3. The van der Waals surface area contributed by atoms with E-state index in [4.69, 9.17) is 9.84 Å². The highest BCUT2D eigenvalue weighted by Crippen LogP contribution is 2.40. The van der Waals surface area contributed by atoms with Crippen LogP contribution in [0, 0.1) is 5.41 Å². The Kier molecular flexibility index (Phi) is 3.84. The van der Waals surface area contributed by atoms with Gasteiger partial charge in [-0.2, -0.15) is 0 Å². The van der Waals surface area contributed by atoms with Gasteiger partial charge in [-0.3, -0.25) is 4.98 Å². The molecule has 0 saturated heterocycles. The van der Waals surface area contributed by atoms with Crippen molar-refractivity contribution < 1.29 is 14.6 Å². The first-order chi connectivity index (χ1) is 10.9. The molecule has 0 saturated carbocycles. The zero-order valence-corrected chi connectivity index (χ0v) is 13.7. The SMILES string of the molecule is COc1cc(C2=CCC(C)(C)CC2)c2ncc(C(=O)O)cc2c1. The van der Waals surface area contributed by atoms with Crippen molar-refractivity contribution in [3.8, 4) is 5.75 Å². The van der Waals surface area contributed by atoms with E-state index in [1.807, 2.05) is 12.1 Å².